The van der Waals surface area contributed by atoms with Crippen molar-refractivity contribution in [2.24, 2.45) is 0 Å². The standard InChI is InChI=1S/C6H11N4O2/c1-2-12-6(11)3-10-5-9(7)4-8-10/h4-5H,2-3,7H2,1H3/q+1. The molecule has 0 atom stereocenters. The van der Waals surface area contributed by atoms with Gasteiger partial charge >= 0.3 is 5.97 Å². The van der Waals surface area contributed by atoms with Crippen LogP contribution in [-0.2, 0) is 16.1 Å². The third-order valence-corrected chi connectivity index (χ3v) is 1.20. The van der Waals surface area contributed by atoms with Crippen LogP contribution >= 0.6 is 0 Å². The highest BCUT2D eigenvalue weighted by molar-refractivity contribution is 5.68. The van der Waals surface area contributed by atoms with Gasteiger partial charge in [0.05, 0.1) is 6.61 Å². The largest absolute Gasteiger partial charge is 0.464 e. The van der Waals surface area contributed by atoms with E-state index in [9.17, 15) is 4.79 Å². The average molecular weight is 171 g/mol. The van der Waals surface area contributed by atoms with E-state index >= 15 is 0 Å². The molecule has 1 aromatic rings. The van der Waals surface area contributed by atoms with Crippen LogP contribution in [0.1, 0.15) is 6.92 Å². The Hall–Kier alpha value is -1.59. The van der Waals surface area contributed by atoms with Crippen molar-refractivity contribution >= 4 is 5.97 Å². The van der Waals surface area contributed by atoms with Gasteiger partial charge in [0.25, 0.3) is 6.33 Å². The van der Waals surface area contributed by atoms with E-state index in [0.717, 1.165) is 0 Å². The van der Waals surface area contributed by atoms with E-state index in [2.05, 4.69) is 5.10 Å². The van der Waals surface area contributed by atoms with Gasteiger partial charge in [-0.1, -0.05) is 0 Å². The minimum absolute atomic E-state index is 0.0953. The summed E-state index contributed by atoms with van der Waals surface area (Å²) in [6.07, 6.45) is 2.90. The second kappa shape index (κ2) is 3.70. The minimum Gasteiger partial charge on any atom is -0.464 e. The molecule has 0 aliphatic heterocycles. The second-order valence-electron chi connectivity index (χ2n) is 2.20. The van der Waals surface area contributed by atoms with Crippen LogP contribution in [0.4, 0.5) is 0 Å². The van der Waals surface area contributed by atoms with Crippen LogP contribution in [0.5, 0.6) is 0 Å². The number of rotatable bonds is 3. The summed E-state index contributed by atoms with van der Waals surface area (Å²) in [5.74, 6) is 4.99. The summed E-state index contributed by atoms with van der Waals surface area (Å²) in [6.45, 7) is 2.23. The first-order chi connectivity index (χ1) is 5.72. The Morgan fingerprint density at radius 3 is 3.08 bits per heavy atom. The summed E-state index contributed by atoms with van der Waals surface area (Å²) in [5, 5.41) is 3.79. The zero-order chi connectivity index (χ0) is 8.97. The van der Waals surface area contributed by atoms with Gasteiger partial charge < -0.3 is 4.74 Å². The van der Waals surface area contributed by atoms with Crippen LogP contribution in [0.15, 0.2) is 12.7 Å². The molecule has 0 saturated carbocycles. The highest BCUT2D eigenvalue weighted by atomic mass is 16.5. The van der Waals surface area contributed by atoms with Crippen molar-refractivity contribution in [3.8, 4) is 0 Å². The molecule has 6 nitrogen and oxygen atoms in total. The lowest BCUT2D eigenvalue weighted by molar-refractivity contribution is -0.639. The van der Waals surface area contributed by atoms with E-state index in [1.54, 1.807) is 6.92 Å². The quantitative estimate of drug-likeness (QED) is 0.339. The molecular formula is C6H11N4O2+. The van der Waals surface area contributed by atoms with Crippen LogP contribution < -0.4 is 10.5 Å². The van der Waals surface area contributed by atoms with Crippen LogP contribution in [0, 0.1) is 0 Å². The maximum atomic E-state index is 10.9. The number of ether oxygens (including phenoxy) is 1. The molecule has 0 unspecified atom stereocenters. The molecule has 0 spiro atoms. The summed E-state index contributed by atoms with van der Waals surface area (Å²) >= 11 is 0. The van der Waals surface area contributed by atoms with Crippen molar-refractivity contribution in [3.05, 3.63) is 12.7 Å². The zero-order valence-corrected chi connectivity index (χ0v) is 6.80. The molecule has 6 heteroatoms. The highest BCUT2D eigenvalue weighted by Gasteiger charge is 2.09. The first kappa shape index (κ1) is 8.51. The third kappa shape index (κ3) is 2.22. The molecule has 12 heavy (non-hydrogen) atoms. The van der Waals surface area contributed by atoms with Gasteiger partial charge in [-0.15, -0.1) is 9.36 Å². The normalized spacial score (nSPS) is 9.75. The molecule has 0 saturated heterocycles. The maximum absolute atomic E-state index is 10.9. The van der Waals surface area contributed by atoms with Gasteiger partial charge in [-0.05, 0) is 6.92 Å². The fraction of sp³-hybridized carbons (Fsp3) is 0.500. The number of carbonyl (C=O) groups is 1. The highest BCUT2D eigenvalue weighted by Crippen LogP contribution is 1.82. The van der Waals surface area contributed by atoms with Gasteiger partial charge in [0.2, 0.25) is 12.9 Å². The SMILES string of the molecule is CCOC(=O)Cn1c[n+](N)cn1. The van der Waals surface area contributed by atoms with E-state index in [1.807, 2.05) is 0 Å². The summed E-state index contributed by atoms with van der Waals surface area (Å²) in [6, 6.07) is 0. The van der Waals surface area contributed by atoms with E-state index in [0.29, 0.717) is 6.61 Å². The van der Waals surface area contributed by atoms with E-state index in [-0.39, 0.29) is 12.5 Å². The van der Waals surface area contributed by atoms with Gasteiger partial charge in [0, 0.05) is 5.10 Å². The van der Waals surface area contributed by atoms with E-state index in [4.69, 9.17) is 10.6 Å². The van der Waals surface area contributed by atoms with Crippen molar-refractivity contribution in [2.75, 3.05) is 12.4 Å². The van der Waals surface area contributed by atoms with Crippen molar-refractivity contribution in [1.82, 2.24) is 9.78 Å². The number of nitrogens with zero attached hydrogens (tertiary/aromatic N) is 3. The number of hydrogen-bond acceptors (Lipinski definition) is 4. The second-order valence-corrected chi connectivity index (χ2v) is 2.20. The fourth-order valence-electron chi connectivity index (χ4n) is 0.760. The fourth-order valence-corrected chi connectivity index (χ4v) is 0.760. The molecule has 0 aliphatic carbocycles. The number of aromatic nitrogens is 3. The molecule has 0 fully saturated rings. The van der Waals surface area contributed by atoms with Crippen molar-refractivity contribution in [2.45, 2.75) is 13.5 Å². The van der Waals surface area contributed by atoms with Crippen LogP contribution in [0.3, 0.4) is 0 Å². The van der Waals surface area contributed by atoms with Gasteiger partial charge in [-0.25, -0.2) is 4.79 Å². The third-order valence-electron chi connectivity index (χ3n) is 1.20. The minimum atomic E-state index is -0.318. The monoisotopic (exact) mass is 171 g/mol. The molecule has 2 N–H and O–H groups in total. The lowest BCUT2D eigenvalue weighted by Crippen LogP contribution is -2.42. The zero-order valence-electron chi connectivity index (χ0n) is 6.80. The Morgan fingerprint density at radius 1 is 1.83 bits per heavy atom. The summed E-state index contributed by atoms with van der Waals surface area (Å²) < 4.78 is 7.37. The molecular weight excluding hydrogens is 160 g/mol. The summed E-state index contributed by atoms with van der Waals surface area (Å²) in [5.41, 5.74) is 0. The molecule has 66 valence electrons. The Bertz CT molecular complexity index is 270. The molecule has 1 aromatic heterocycles. The van der Waals surface area contributed by atoms with Crippen LogP contribution in [-0.4, -0.2) is 22.4 Å². The molecule has 0 bridgehead atoms. The Balaban J connectivity index is 2.46. The van der Waals surface area contributed by atoms with Gasteiger partial charge in [-0.2, -0.15) is 0 Å². The van der Waals surface area contributed by atoms with Gasteiger partial charge in [0.15, 0.2) is 0 Å². The Morgan fingerprint density at radius 2 is 2.58 bits per heavy atom. The number of esters is 1. The molecule has 0 amide bonds. The molecule has 1 heterocycles. The van der Waals surface area contributed by atoms with Gasteiger partial charge in [-0.3, -0.25) is 5.84 Å². The van der Waals surface area contributed by atoms with Crippen LogP contribution in [0.25, 0.3) is 0 Å². The van der Waals surface area contributed by atoms with Crippen molar-refractivity contribution < 1.29 is 14.2 Å². The molecule has 0 aliphatic rings. The lowest BCUT2D eigenvalue weighted by atomic mass is 10.6. The van der Waals surface area contributed by atoms with Crippen molar-refractivity contribution in [1.29, 1.82) is 0 Å². The topological polar surface area (TPSA) is 74.0 Å². The lowest BCUT2D eigenvalue weighted by Gasteiger charge is -1.95. The molecule has 0 radical (unpaired) electrons. The smallest absolute Gasteiger partial charge is 0.344 e. The first-order valence-corrected chi connectivity index (χ1v) is 3.56. The Labute approximate surface area is 69.5 Å². The predicted molar refractivity (Wildman–Crippen MR) is 39.2 cm³/mol. The van der Waals surface area contributed by atoms with E-state index in [1.165, 1.54) is 22.0 Å². The average Bonchev–Trinajstić information content (AvgIpc) is 2.36. The molecule has 0 aromatic carbocycles. The van der Waals surface area contributed by atoms with Crippen molar-refractivity contribution in [3.63, 3.8) is 0 Å². The van der Waals surface area contributed by atoms with Crippen LogP contribution in [0.2, 0.25) is 0 Å². The number of carbonyl (C=O) groups excluding carboxylic acids is 1. The maximum Gasteiger partial charge on any atom is 0.344 e. The molecule has 1 rings (SSSR count). The Kier molecular flexibility index (Phi) is 2.62. The van der Waals surface area contributed by atoms with Gasteiger partial charge in [0.1, 0.15) is 0 Å². The summed E-state index contributed by atoms with van der Waals surface area (Å²) in [4.78, 5) is 10.9. The number of nitrogen functional groups attached to an aromatic ring is 1. The number of nitrogens with two attached hydrogens (primary N) is 1. The first-order valence-electron chi connectivity index (χ1n) is 3.56. The van der Waals surface area contributed by atoms with E-state index < -0.39 is 0 Å². The number of hydrogen-bond donors (Lipinski definition) is 1. The predicted octanol–water partition coefficient (Wildman–Crippen LogP) is -1.55. The summed E-state index contributed by atoms with van der Waals surface area (Å²) in [7, 11) is 0.